The standard InChI is InChI=1S/C11H20O3/c1-8(2)7-9(3)10(12)5-4-6-11(13)14/h9-10,12H,1,4-7H2,2-3H3,(H,13,14)/t9-,10-/m0/s1. The van der Waals surface area contributed by atoms with Crippen molar-refractivity contribution in [2.45, 2.75) is 45.6 Å². The van der Waals surface area contributed by atoms with Crippen LogP contribution in [0.2, 0.25) is 0 Å². The van der Waals surface area contributed by atoms with Gasteiger partial charge in [-0.15, -0.1) is 6.58 Å². The fourth-order valence-electron chi connectivity index (χ4n) is 1.43. The topological polar surface area (TPSA) is 57.5 Å². The monoisotopic (exact) mass is 200 g/mol. The highest BCUT2D eigenvalue weighted by Crippen LogP contribution is 2.17. The van der Waals surface area contributed by atoms with E-state index in [1.165, 1.54) is 0 Å². The average molecular weight is 200 g/mol. The van der Waals surface area contributed by atoms with E-state index in [1.807, 2.05) is 13.8 Å². The largest absolute Gasteiger partial charge is 0.481 e. The van der Waals surface area contributed by atoms with Crippen LogP contribution in [0, 0.1) is 5.92 Å². The van der Waals surface area contributed by atoms with Crippen molar-refractivity contribution in [3.63, 3.8) is 0 Å². The van der Waals surface area contributed by atoms with Crippen molar-refractivity contribution in [3.05, 3.63) is 12.2 Å². The van der Waals surface area contributed by atoms with E-state index in [-0.39, 0.29) is 12.3 Å². The number of hydrogen-bond acceptors (Lipinski definition) is 2. The molecule has 2 N–H and O–H groups in total. The predicted octanol–water partition coefficient (Wildman–Crippen LogP) is 2.20. The van der Waals surface area contributed by atoms with Gasteiger partial charge in [0.1, 0.15) is 0 Å². The molecular weight excluding hydrogens is 180 g/mol. The summed E-state index contributed by atoms with van der Waals surface area (Å²) in [5.74, 6) is -0.633. The smallest absolute Gasteiger partial charge is 0.303 e. The van der Waals surface area contributed by atoms with Crippen molar-refractivity contribution in [1.29, 1.82) is 0 Å². The first-order valence-corrected chi connectivity index (χ1v) is 4.97. The lowest BCUT2D eigenvalue weighted by molar-refractivity contribution is -0.137. The second-order valence-electron chi connectivity index (χ2n) is 3.99. The quantitative estimate of drug-likeness (QED) is 0.619. The number of allylic oxidation sites excluding steroid dienone is 1. The molecule has 0 aliphatic heterocycles. The van der Waals surface area contributed by atoms with E-state index < -0.39 is 12.1 Å². The number of aliphatic hydroxyl groups is 1. The van der Waals surface area contributed by atoms with E-state index in [2.05, 4.69) is 6.58 Å². The SMILES string of the molecule is C=C(C)C[C@H](C)[C@@H](O)CCCC(=O)O. The summed E-state index contributed by atoms with van der Waals surface area (Å²) >= 11 is 0. The zero-order valence-electron chi connectivity index (χ0n) is 8.99. The highest BCUT2D eigenvalue weighted by molar-refractivity contribution is 5.66. The van der Waals surface area contributed by atoms with Crippen molar-refractivity contribution >= 4 is 5.97 Å². The molecule has 0 rings (SSSR count). The normalized spacial score (nSPS) is 14.8. The molecule has 0 amide bonds. The molecule has 0 aromatic carbocycles. The Morgan fingerprint density at radius 1 is 1.50 bits per heavy atom. The Morgan fingerprint density at radius 3 is 2.50 bits per heavy atom. The maximum Gasteiger partial charge on any atom is 0.303 e. The number of aliphatic carboxylic acids is 1. The molecule has 2 atom stereocenters. The van der Waals surface area contributed by atoms with Gasteiger partial charge in [0, 0.05) is 6.42 Å². The molecule has 0 aromatic rings. The van der Waals surface area contributed by atoms with Crippen molar-refractivity contribution in [2.75, 3.05) is 0 Å². The zero-order chi connectivity index (χ0) is 11.1. The minimum Gasteiger partial charge on any atom is -0.481 e. The predicted molar refractivity (Wildman–Crippen MR) is 56.1 cm³/mol. The molecule has 0 fully saturated rings. The van der Waals surface area contributed by atoms with Gasteiger partial charge in [-0.25, -0.2) is 0 Å². The first kappa shape index (κ1) is 13.2. The first-order chi connectivity index (χ1) is 6.43. The fraction of sp³-hybridized carbons (Fsp3) is 0.727. The number of aliphatic hydroxyl groups excluding tert-OH is 1. The minimum atomic E-state index is -0.801. The van der Waals surface area contributed by atoms with Crippen LogP contribution in [0.5, 0.6) is 0 Å². The molecule has 0 radical (unpaired) electrons. The van der Waals surface area contributed by atoms with Gasteiger partial charge in [-0.2, -0.15) is 0 Å². The zero-order valence-corrected chi connectivity index (χ0v) is 8.99. The second kappa shape index (κ2) is 6.60. The van der Waals surface area contributed by atoms with E-state index in [4.69, 9.17) is 5.11 Å². The third kappa shape index (κ3) is 6.66. The molecule has 14 heavy (non-hydrogen) atoms. The first-order valence-electron chi connectivity index (χ1n) is 4.97. The van der Waals surface area contributed by atoms with Gasteiger partial charge in [0.15, 0.2) is 0 Å². The summed E-state index contributed by atoms with van der Waals surface area (Å²) in [4.78, 5) is 10.2. The number of carboxylic acid groups (broad SMARTS) is 1. The van der Waals surface area contributed by atoms with Crippen LogP contribution in [0.3, 0.4) is 0 Å². The Balaban J connectivity index is 3.66. The lowest BCUT2D eigenvalue weighted by Crippen LogP contribution is -2.18. The maximum atomic E-state index is 10.2. The number of carbonyl (C=O) groups is 1. The molecule has 0 aliphatic carbocycles. The van der Waals surface area contributed by atoms with Gasteiger partial charge in [-0.1, -0.05) is 12.5 Å². The summed E-state index contributed by atoms with van der Waals surface area (Å²) in [6.45, 7) is 7.67. The summed E-state index contributed by atoms with van der Waals surface area (Å²) in [5.41, 5.74) is 1.05. The van der Waals surface area contributed by atoms with Gasteiger partial charge in [0.25, 0.3) is 0 Å². The number of rotatable bonds is 7. The van der Waals surface area contributed by atoms with E-state index >= 15 is 0 Å². The summed E-state index contributed by atoms with van der Waals surface area (Å²) < 4.78 is 0. The Bertz CT molecular complexity index is 199. The maximum absolute atomic E-state index is 10.2. The Labute approximate surface area is 85.4 Å². The highest BCUT2D eigenvalue weighted by atomic mass is 16.4. The van der Waals surface area contributed by atoms with Gasteiger partial charge in [0.05, 0.1) is 6.10 Å². The van der Waals surface area contributed by atoms with Gasteiger partial charge < -0.3 is 10.2 Å². The second-order valence-corrected chi connectivity index (χ2v) is 3.99. The van der Waals surface area contributed by atoms with Crippen molar-refractivity contribution in [3.8, 4) is 0 Å². The molecule has 0 saturated heterocycles. The third-order valence-corrected chi connectivity index (χ3v) is 2.22. The summed E-state index contributed by atoms with van der Waals surface area (Å²) in [6, 6.07) is 0. The summed E-state index contributed by atoms with van der Waals surface area (Å²) in [5, 5.41) is 18.1. The lowest BCUT2D eigenvalue weighted by atomic mass is 9.94. The van der Waals surface area contributed by atoms with E-state index in [0.717, 1.165) is 12.0 Å². The van der Waals surface area contributed by atoms with Crippen LogP contribution in [0.4, 0.5) is 0 Å². The van der Waals surface area contributed by atoms with E-state index in [1.54, 1.807) is 0 Å². The van der Waals surface area contributed by atoms with E-state index in [9.17, 15) is 9.90 Å². The molecule has 0 bridgehead atoms. The molecule has 0 heterocycles. The molecule has 0 unspecified atom stereocenters. The number of hydrogen-bond donors (Lipinski definition) is 2. The molecule has 3 heteroatoms. The van der Waals surface area contributed by atoms with Gasteiger partial charge in [-0.3, -0.25) is 4.79 Å². The van der Waals surface area contributed by atoms with Crippen molar-refractivity contribution in [1.82, 2.24) is 0 Å². The third-order valence-electron chi connectivity index (χ3n) is 2.22. The minimum absolute atomic E-state index is 0.136. The van der Waals surface area contributed by atoms with Crippen LogP contribution in [0.1, 0.15) is 39.5 Å². The Kier molecular flexibility index (Phi) is 6.21. The molecule has 0 aromatic heterocycles. The highest BCUT2D eigenvalue weighted by Gasteiger charge is 2.14. The summed E-state index contributed by atoms with van der Waals surface area (Å²) in [7, 11) is 0. The van der Waals surface area contributed by atoms with Crippen LogP contribution in [-0.4, -0.2) is 22.3 Å². The van der Waals surface area contributed by atoms with Crippen LogP contribution < -0.4 is 0 Å². The average Bonchev–Trinajstić information content (AvgIpc) is 2.01. The van der Waals surface area contributed by atoms with Gasteiger partial charge in [-0.05, 0) is 32.1 Å². The van der Waals surface area contributed by atoms with Crippen molar-refractivity contribution in [2.24, 2.45) is 5.92 Å². The Hall–Kier alpha value is -0.830. The van der Waals surface area contributed by atoms with Gasteiger partial charge >= 0.3 is 5.97 Å². The van der Waals surface area contributed by atoms with Gasteiger partial charge in [0.2, 0.25) is 0 Å². The molecule has 82 valence electrons. The number of carboxylic acids is 1. The Morgan fingerprint density at radius 2 is 2.07 bits per heavy atom. The van der Waals surface area contributed by atoms with Crippen molar-refractivity contribution < 1.29 is 15.0 Å². The van der Waals surface area contributed by atoms with Crippen LogP contribution in [0.25, 0.3) is 0 Å². The fourth-order valence-corrected chi connectivity index (χ4v) is 1.43. The molecule has 0 aliphatic rings. The molecule has 0 spiro atoms. The van der Waals surface area contributed by atoms with Crippen LogP contribution >= 0.6 is 0 Å². The lowest BCUT2D eigenvalue weighted by Gasteiger charge is -2.18. The summed E-state index contributed by atoms with van der Waals surface area (Å²) in [6.07, 6.45) is 1.62. The van der Waals surface area contributed by atoms with E-state index in [0.29, 0.717) is 12.8 Å². The molecular formula is C11H20O3. The molecule has 3 nitrogen and oxygen atoms in total. The molecule has 0 saturated carbocycles. The van der Waals surface area contributed by atoms with Crippen LogP contribution in [-0.2, 0) is 4.79 Å². The van der Waals surface area contributed by atoms with Crippen LogP contribution in [0.15, 0.2) is 12.2 Å².